The number of aromatic nitrogens is 1. The number of carbonyl (C=O) groups excluding carboxylic acids is 1. The maximum absolute atomic E-state index is 12.7. The number of rotatable bonds is 5. The Morgan fingerprint density at radius 3 is 2.77 bits per heavy atom. The summed E-state index contributed by atoms with van der Waals surface area (Å²) in [5, 5.41) is 3.20. The monoisotopic (exact) mass is 312 g/mol. The lowest BCUT2D eigenvalue weighted by Gasteiger charge is -2.19. The van der Waals surface area contributed by atoms with Gasteiger partial charge in [-0.25, -0.2) is 0 Å². The number of pyridine rings is 1. The second kappa shape index (κ2) is 6.53. The van der Waals surface area contributed by atoms with E-state index in [0.29, 0.717) is 5.92 Å². The van der Waals surface area contributed by atoms with E-state index in [1.54, 1.807) is 11.8 Å². The molecule has 0 radical (unpaired) electrons. The summed E-state index contributed by atoms with van der Waals surface area (Å²) in [6.07, 6.45) is 6.13. The van der Waals surface area contributed by atoms with E-state index in [1.807, 2.05) is 42.8 Å². The van der Waals surface area contributed by atoms with Crippen LogP contribution < -0.4 is 5.32 Å². The average Bonchev–Trinajstić information content (AvgIpc) is 3.37. The number of thioether (sulfide) groups is 1. The summed E-state index contributed by atoms with van der Waals surface area (Å²) in [6.45, 7) is 2.06. The quantitative estimate of drug-likeness (QED) is 0.849. The Labute approximate surface area is 135 Å². The minimum atomic E-state index is -0.00911. The number of hydrogen-bond acceptors (Lipinski definition) is 3. The first-order valence-electron chi connectivity index (χ1n) is 7.55. The summed E-state index contributed by atoms with van der Waals surface area (Å²) < 4.78 is 0. The fourth-order valence-electron chi connectivity index (χ4n) is 2.64. The molecule has 0 bridgehead atoms. The van der Waals surface area contributed by atoms with Gasteiger partial charge in [0.25, 0.3) is 5.91 Å². The van der Waals surface area contributed by atoms with Crippen LogP contribution in [-0.2, 0) is 0 Å². The van der Waals surface area contributed by atoms with Gasteiger partial charge in [-0.3, -0.25) is 9.78 Å². The zero-order chi connectivity index (χ0) is 15.5. The highest BCUT2D eigenvalue weighted by Crippen LogP contribution is 2.40. The molecule has 3 nitrogen and oxygen atoms in total. The Hall–Kier alpha value is -1.81. The molecule has 1 fully saturated rings. The van der Waals surface area contributed by atoms with Crippen LogP contribution in [0.15, 0.2) is 47.5 Å². The number of amides is 1. The van der Waals surface area contributed by atoms with Crippen molar-refractivity contribution in [1.82, 2.24) is 10.3 Å². The maximum atomic E-state index is 12.7. The van der Waals surface area contributed by atoms with Crippen LogP contribution in [0.5, 0.6) is 0 Å². The summed E-state index contributed by atoms with van der Waals surface area (Å²) in [5.41, 5.74) is 2.89. The molecule has 0 aliphatic heterocycles. The van der Waals surface area contributed by atoms with E-state index >= 15 is 0 Å². The molecule has 1 saturated carbocycles. The lowest BCUT2D eigenvalue weighted by Crippen LogP contribution is -2.30. The Morgan fingerprint density at radius 2 is 2.09 bits per heavy atom. The summed E-state index contributed by atoms with van der Waals surface area (Å²) in [5.74, 6) is 0.504. The van der Waals surface area contributed by atoms with Crippen molar-refractivity contribution in [2.24, 2.45) is 5.92 Å². The SMILES string of the molecule is CSc1ccccc1C(=O)N[C@H](c1cc(C)ccn1)C1CC1. The molecule has 0 spiro atoms. The van der Waals surface area contributed by atoms with Crippen molar-refractivity contribution in [3.63, 3.8) is 0 Å². The second-order valence-electron chi connectivity index (χ2n) is 5.75. The summed E-state index contributed by atoms with van der Waals surface area (Å²) >= 11 is 1.60. The van der Waals surface area contributed by atoms with E-state index in [2.05, 4.69) is 23.3 Å². The third-order valence-corrected chi connectivity index (χ3v) is 4.78. The molecule has 1 heterocycles. The number of aryl methyl sites for hydroxylation is 1. The normalized spacial score (nSPS) is 15.4. The second-order valence-corrected chi connectivity index (χ2v) is 6.59. The van der Waals surface area contributed by atoms with Crippen molar-refractivity contribution in [3.05, 3.63) is 59.4 Å². The summed E-state index contributed by atoms with van der Waals surface area (Å²) in [4.78, 5) is 18.1. The van der Waals surface area contributed by atoms with Crippen LogP contribution in [-0.4, -0.2) is 17.1 Å². The van der Waals surface area contributed by atoms with E-state index in [1.165, 1.54) is 5.56 Å². The van der Waals surface area contributed by atoms with Crippen LogP contribution in [0.4, 0.5) is 0 Å². The minimum Gasteiger partial charge on any atom is -0.343 e. The average molecular weight is 312 g/mol. The number of nitrogens with one attached hydrogen (secondary N) is 1. The van der Waals surface area contributed by atoms with E-state index < -0.39 is 0 Å². The van der Waals surface area contributed by atoms with Gasteiger partial charge in [0.05, 0.1) is 17.3 Å². The molecule has 0 unspecified atom stereocenters. The van der Waals surface area contributed by atoms with Crippen LogP contribution in [0.2, 0.25) is 0 Å². The van der Waals surface area contributed by atoms with Crippen LogP contribution in [0.25, 0.3) is 0 Å². The number of benzene rings is 1. The predicted molar refractivity (Wildman–Crippen MR) is 90.1 cm³/mol. The van der Waals surface area contributed by atoms with Crippen molar-refractivity contribution in [2.75, 3.05) is 6.26 Å². The summed E-state index contributed by atoms with van der Waals surface area (Å²) in [7, 11) is 0. The molecule has 0 saturated heterocycles. The Morgan fingerprint density at radius 1 is 1.32 bits per heavy atom. The van der Waals surface area contributed by atoms with E-state index in [-0.39, 0.29) is 11.9 Å². The Kier molecular flexibility index (Phi) is 4.48. The first-order valence-corrected chi connectivity index (χ1v) is 8.78. The van der Waals surface area contributed by atoms with Gasteiger partial charge in [-0.1, -0.05) is 12.1 Å². The molecule has 1 aromatic carbocycles. The first-order chi connectivity index (χ1) is 10.7. The van der Waals surface area contributed by atoms with Gasteiger partial charge in [0.1, 0.15) is 0 Å². The number of nitrogens with zero attached hydrogens (tertiary/aromatic N) is 1. The lowest BCUT2D eigenvalue weighted by atomic mass is 10.1. The summed E-state index contributed by atoms with van der Waals surface area (Å²) in [6, 6.07) is 11.8. The van der Waals surface area contributed by atoms with Gasteiger partial charge in [-0.15, -0.1) is 11.8 Å². The van der Waals surface area contributed by atoms with Gasteiger partial charge >= 0.3 is 0 Å². The van der Waals surface area contributed by atoms with Crippen LogP contribution in [0.3, 0.4) is 0 Å². The van der Waals surface area contributed by atoms with Gasteiger partial charge in [0.2, 0.25) is 0 Å². The molecular weight excluding hydrogens is 292 g/mol. The van der Waals surface area contributed by atoms with Crippen molar-refractivity contribution in [2.45, 2.75) is 30.7 Å². The molecule has 1 amide bonds. The fraction of sp³-hybridized carbons (Fsp3) is 0.333. The molecule has 1 aliphatic rings. The van der Waals surface area contributed by atoms with Gasteiger partial charge in [0, 0.05) is 11.1 Å². The third-order valence-electron chi connectivity index (χ3n) is 3.99. The molecular formula is C18H20N2OS. The highest BCUT2D eigenvalue weighted by atomic mass is 32.2. The highest BCUT2D eigenvalue weighted by Gasteiger charge is 2.34. The predicted octanol–water partition coefficient (Wildman–Crippen LogP) is 3.99. The Bertz CT molecular complexity index is 682. The van der Waals surface area contributed by atoms with Gasteiger partial charge in [-0.05, 0) is 61.8 Å². The van der Waals surface area contributed by atoms with E-state index in [4.69, 9.17) is 0 Å². The molecule has 4 heteroatoms. The van der Waals surface area contributed by atoms with Crippen LogP contribution >= 0.6 is 11.8 Å². The number of carbonyl (C=O) groups is 1. The number of hydrogen-bond donors (Lipinski definition) is 1. The third kappa shape index (κ3) is 3.33. The molecule has 1 aliphatic carbocycles. The van der Waals surface area contributed by atoms with Gasteiger partial charge in [-0.2, -0.15) is 0 Å². The van der Waals surface area contributed by atoms with E-state index in [0.717, 1.165) is 29.0 Å². The lowest BCUT2D eigenvalue weighted by molar-refractivity contribution is 0.0927. The van der Waals surface area contributed by atoms with Gasteiger partial charge in [0.15, 0.2) is 0 Å². The smallest absolute Gasteiger partial charge is 0.252 e. The molecule has 3 rings (SSSR count). The molecule has 22 heavy (non-hydrogen) atoms. The molecule has 114 valence electrons. The Balaban J connectivity index is 1.84. The fourth-order valence-corrected chi connectivity index (χ4v) is 3.24. The molecule has 1 N–H and O–H groups in total. The van der Waals surface area contributed by atoms with Crippen molar-refractivity contribution in [3.8, 4) is 0 Å². The molecule has 2 aromatic rings. The van der Waals surface area contributed by atoms with Crippen molar-refractivity contribution >= 4 is 17.7 Å². The standard InChI is InChI=1S/C18H20N2OS/c1-12-9-10-19-15(11-12)17(13-7-8-13)20-18(21)14-5-3-4-6-16(14)22-2/h3-6,9-11,13,17H,7-8H2,1-2H3,(H,20,21)/t17-/m0/s1. The molecule has 1 aromatic heterocycles. The van der Waals surface area contributed by atoms with Gasteiger partial charge < -0.3 is 5.32 Å². The zero-order valence-electron chi connectivity index (χ0n) is 12.9. The highest BCUT2D eigenvalue weighted by molar-refractivity contribution is 7.98. The van der Waals surface area contributed by atoms with E-state index in [9.17, 15) is 4.79 Å². The topological polar surface area (TPSA) is 42.0 Å². The first kappa shape index (κ1) is 15.1. The zero-order valence-corrected chi connectivity index (χ0v) is 13.7. The maximum Gasteiger partial charge on any atom is 0.252 e. The van der Waals surface area contributed by atoms with Crippen molar-refractivity contribution < 1.29 is 4.79 Å². The largest absolute Gasteiger partial charge is 0.343 e. The van der Waals surface area contributed by atoms with Crippen molar-refractivity contribution in [1.29, 1.82) is 0 Å². The van der Waals surface area contributed by atoms with Crippen LogP contribution in [0.1, 0.15) is 40.5 Å². The molecule has 1 atom stereocenters. The minimum absolute atomic E-state index is 0.00911. The van der Waals surface area contributed by atoms with Crippen LogP contribution in [0, 0.1) is 12.8 Å².